The molecule has 3 rings (SSSR count). The highest BCUT2D eigenvalue weighted by molar-refractivity contribution is 6.31. The molecule has 0 saturated heterocycles. The summed E-state index contributed by atoms with van der Waals surface area (Å²) in [5, 5.41) is 2.04. The fourth-order valence-electron chi connectivity index (χ4n) is 3.32. The maximum Gasteiger partial charge on any atom is 0.241 e. The molecule has 28 heavy (non-hydrogen) atoms. The highest BCUT2D eigenvalue weighted by Crippen LogP contribution is 2.47. The van der Waals surface area contributed by atoms with Crippen LogP contribution < -0.4 is 16.6 Å². The Labute approximate surface area is 169 Å². The SMILES string of the molecule is CC(C)(C)c1nc(C2CC(C(F)F)C2)c(N)c(N(N)Cc2ccccc2Cl)n1. The molecular weight excluding hydrogens is 384 g/mol. The Morgan fingerprint density at radius 2 is 1.86 bits per heavy atom. The molecule has 0 radical (unpaired) electrons. The summed E-state index contributed by atoms with van der Waals surface area (Å²) < 4.78 is 25.8. The van der Waals surface area contributed by atoms with Crippen LogP contribution in [0.4, 0.5) is 20.3 Å². The van der Waals surface area contributed by atoms with Crippen molar-refractivity contribution in [2.75, 3.05) is 10.7 Å². The number of aromatic nitrogens is 2. The number of rotatable bonds is 5. The van der Waals surface area contributed by atoms with Crippen molar-refractivity contribution in [2.45, 2.75) is 57.9 Å². The van der Waals surface area contributed by atoms with E-state index in [9.17, 15) is 8.78 Å². The molecule has 0 amide bonds. The number of hydrazine groups is 1. The number of alkyl halides is 2. The fourth-order valence-corrected chi connectivity index (χ4v) is 3.51. The van der Waals surface area contributed by atoms with Crippen molar-refractivity contribution in [3.05, 3.63) is 46.4 Å². The molecule has 1 aliphatic rings. The summed E-state index contributed by atoms with van der Waals surface area (Å²) in [5.41, 5.74) is 7.81. The second-order valence-electron chi connectivity index (χ2n) is 8.40. The van der Waals surface area contributed by atoms with Gasteiger partial charge in [0, 0.05) is 22.3 Å². The summed E-state index contributed by atoms with van der Waals surface area (Å²) in [7, 11) is 0. The number of nitrogens with zero attached hydrogens (tertiary/aromatic N) is 3. The number of hydrogen-bond donors (Lipinski definition) is 2. The van der Waals surface area contributed by atoms with Crippen molar-refractivity contribution < 1.29 is 8.78 Å². The molecule has 0 spiro atoms. The molecule has 8 heteroatoms. The molecule has 1 heterocycles. The monoisotopic (exact) mass is 409 g/mol. The summed E-state index contributed by atoms with van der Waals surface area (Å²) in [5.74, 6) is 6.58. The van der Waals surface area contributed by atoms with Gasteiger partial charge in [-0.2, -0.15) is 0 Å². The van der Waals surface area contributed by atoms with E-state index in [4.69, 9.17) is 23.2 Å². The van der Waals surface area contributed by atoms with E-state index in [-0.39, 0.29) is 11.3 Å². The number of anilines is 2. The van der Waals surface area contributed by atoms with Gasteiger partial charge in [0.25, 0.3) is 0 Å². The molecule has 1 saturated carbocycles. The van der Waals surface area contributed by atoms with Gasteiger partial charge in [0.1, 0.15) is 5.82 Å². The third-order valence-corrected chi connectivity index (χ3v) is 5.48. The van der Waals surface area contributed by atoms with Gasteiger partial charge in [0.05, 0.1) is 17.9 Å². The Bertz CT molecular complexity index is 847. The van der Waals surface area contributed by atoms with E-state index in [2.05, 4.69) is 9.97 Å². The first-order valence-electron chi connectivity index (χ1n) is 9.29. The summed E-state index contributed by atoms with van der Waals surface area (Å²) >= 11 is 6.24. The van der Waals surface area contributed by atoms with E-state index in [1.54, 1.807) is 6.07 Å². The van der Waals surface area contributed by atoms with Crippen LogP contribution in [0.2, 0.25) is 5.02 Å². The zero-order valence-electron chi connectivity index (χ0n) is 16.3. The van der Waals surface area contributed by atoms with Gasteiger partial charge in [-0.1, -0.05) is 50.6 Å². The highest BCUT2D eigenvalue weighted by atomic mass is 35.5. The molecule has 1 fully saturated rings. The van der Waals surface area contributed by atoms with Gasteiger partial charge in [-0.15, -0.1) is 0 Å². The molecule has 0 aliphatic heterocycles. The van der Waals surface area contributed by atoms with E-state index in [0.29, 0.717) is 47.4 Å². The lowest BCUT2D eigenvalue weighted by molar-refractivity contribution is 0.0219. The van der Waals surface area contributed by atoms with Crippen molar-refractivity contribution >= 4 is 23.1 Å². The van der Waals surface area contributed by atoms with Crippen LogP contribution in [-0.4, -0.2) is 16.4 Å². The molecule has 1 aromatic heterocycles. The normalized spacial score (nSPS) is 19.6. The minimum Gasteiger partial charge on any atom is -0.394 e. The predicted molar refractivity (Wildman–Crippen MR) is 108 cm³/mol. The van der Waals surface area contributed by atoms with E-state index in [1.165, 1.54) is 5.01 Å². The lowest BCUT2D eigenvalue weighted by atomic mass is 9.73. The van der Waals surface area contributed by atoms with Crippen LogP contribution in [0.5, 0.6) is 0 Å². The van der Waals surface area contributed by atoms with Crippen molar-refractivity contribution in [1.82, 2.24) is 9.97 Å². The lowest BCUT2D eigenvalue weighted by Crippen LogP contribution is -2.35. The van der Waals surface area contributed by atoms with Crippen molar-refractivity contribution in [1.29, 1.82) is 0 Å². The Morgan fingerprint density at radius 1 is 1.21 bits per heavy atom. The minimum atomic E-state index is -2.31. The number of halogens is 3. The summed E-state index contributed by atoms with van der Waals surface area (Å²) in [6, 6.07) is 7.39. The number of hydrogen-bond acceptors (Lipinski definition) is 5. The Morgan fingerprint density at radius 3 is 2.43 bits per heavy atom. The van der Waals surface area contributed by atoms with Gasteiger partial charge < -0.3 is 5.73 Å². The smallest absolute Gasteiger partial charge is 0.241 e. The van der Waals surface area contributed by atoms with Gasteiger partial charge in [-0.3, -0.25) is 5.01 Å². The van der Waals surface area contributed by atoms with Crippen LogP contribution in [0.25, 0.3) is 0 Å². The Balaban J connectivity index is 1.95. The van der Waals surface area contributed by atoms with E-state index in [0.717, 1.165) is 5.56 Å². The van der Waals surface area contributed by atoms with Crippen molar-refractivity contribution in [2.24, 2.45) is 11.8 Å². The number of nitrogens with two attached hydrogens (primary N) is 2. The second kappa shape index (κ2) is 7.79. The topological polar surface area (TPSA) is 81.1 Å². The van der Waals surface area contributed by atoms with Crippen LogP contribution >= 0.6 is 11.6 Å². The number of nitrogen functional groups attached to an aromatic ring is 1. The quantitative estimate of drug-likeness (QED) is 0.555. The first kappa shape index (κ1) is 20.7. The minimum absolute atomic E-state index is 0.101. The van der Waals surface area contributed by atoms with Crippen LogP contribution in [0.3, 0.4) is 0 Å². The molecule has 1 aromatic carbocycles. The molecule has 0 bridgehead atoms. The maximum absolute atomic E-state index is 12.9. The third kappa shape index (κ3) is 4.20. The zero-order valence-corrected chi connectivity index (χ0v) is 17.0. The molecule has 4 N–H and O–H groups in total. The lowest BCUT2D eigenvalue weighted by Gasteiger charge is -2.36. The summed E-state index contributed by atoms with van der Waals surface area (Å²) in [4.78, 5) is 9.24. The molecular formula is C20H26ClF2N5. The zero-order chi connectivity index (χ0) is 20.6. The third-order valence-electron chi connectivity index (χ3n) is 5.11. The standard InChI is InChI=1S/C20H26ClF2N5/c1-20(2,3)19-26-16(12-8-13(9-12)17(22)23)15(24)18(27-19)28(25)10-11-6-4-5-7-14(11)21/h4-7,12-13,17H,8-10,24-25H2,1-3H3. The van der Waals surface area contributed by atoms with Gasteiger partial charge in [-0.25, -0.2) is 24.6 Å². The largest absolute Gasteiger partial charge is 0.394 e. The van der Waals surface area contributed by atoms with Gasteiger partial charge >= 0.3 is 0 Å². The first-order valence-corrected chi connectivity index (χ1v) is 9.67. The molecule has 2 aromatic rings. The van der Waals surface area contributed by atoms with Crippen LogP contribution in [-0.2, 0) is 12.0 Å². The average molecular weight is 410 g/mol. The first-order chi connectivity index (χ1) is 13.1. The fraction of sp³-hybridized carbons (Fsp3) is 0.500. The Hall–Kier alpha value is -1.99. The van der Waals surface area contributed by atoms with E-state index >= 15 is 0 Å². The molecule has 0 atom stereocenters. The van der Waals surface area contributed by atoms with E-state index < -0.39 is 12.3 Å². The van der Waals surface area contributed by atoms with Crippen LogP contribution in [0, 0.1) is 5.92 Å². The maximum atomic E-state index is 12.9. The number of benzene rings is 1. The predicted octanol–water partition coefficient (Wildman–Crippen LogP) is 4.65. The second-order valence-corrected chi connectivity index (χ2v) is 8.81. The molecule has 5 nitrogen and oxygen atoms in total. The highest BCUT2D eigenvalue weighted by Gasteiger charge is 2.39. The van der Waals surface area contributed by atoms with Crippen LogP contribution in [0.15, 0.2) is 24.3 Å². The summed E-state index contributed by atoms with van der Waals surface area (Å²) in [6.07, 6.45) is -1.57. The van der Waals surface area contributed by atoms with Gasteiger partial charge in [0.2, 0.25) is 6.43 Å². The Kier molecular flexibility index (Phi) is 5.77. The van der Waals surface area contributed by atoms with Crippen molar-refractivity contribution in [3.63, 3.8) is 0 Å². The van der Waals surface area contributed by atoms with Gasteiger partial charge in [-0.05, 0) is 24.5 Å². The van der Waals surface area contributed by atoms with E-state index in [1.807, 2.05) is 39.0 Å². The average Bonchev–Trinajstić information content (AvgIpc) is 2.55. The van der Waals surface area contributed by atoms with Gasteiger partial charge in [0.15, 0.2) is 5.82 Å². The van der Waals surface area contributed by atoms with Crippen molar-refractivity contribution in [3.8, 4) is 0 Å². The summed E-state index contributed by atoms with van der Waals surface area (Å²) in [6.45, 7) is 6.28. The molecule has 152 valence electrons. The molecule has 1 aliphatic carbocycles. The van der Waals surface area contributed by atoms with Crippen LogP contribution in [0.1, 0.15) is 56.6 Å². The molecule has 0 unspecified atom stereocenters.